The minimum absolute atomic E-state index is 0.480. The van der Waals surface area contributed by atoms with Gasteiger partial charge in [0.15, 0.2) is 0 Å². The second-order valence-corrected chi connectivity index (χ2v) is 4.90. The van der Waals surface area contributed by atoms with E-state index in [4.69, 9.17) is 9.47 Å². The van der Waals surface area contributed by atoms with Crippen molar-refractivity contribution in [3.63, 3.8) is 0 Å². The molecular formula is C16H18O4. The van der Waals surface area contributed by atoms with Gasteiger partial charge in [-0.15, -0.1) is 0 Å². The van der Waals surface area contributed by atoms with Crippen LogP contribution in [0.1, 0.15) is 12.5 Å². The van der Waals surface area contributed by atoms with Crippen LogP contribution in [-0.2, 0) is 19.7 Å². The SMILES string of the molecule is COC1=CC(C(=O)O)(c2ccccc2)C=CC1(C)OC. The van der Waals surface area contributed by atoms with Gasteiger partial charge in [-0.25, -0.2) is 0 Å². The lowest BCUT2D eigenvalue weighted by molar-refractivity contribution is -0.140. The van der Waals surface area contributed by atoms with Crippen molar-refractivity contribution < 1.29 is 19.4 Å². The van der Waals surface area contributed by atoms with Crippen LogP contribution in [0.15, 0.2) is 54.3 Å². The fraction of sp³-hybridized carbons (Fsp3) is 0.312. The van der Waals surface area contributed by atoms with Crippen molar-refractivity contribution in [3.05, 3.63) is 59.9 Å². The van der Waals surface area contributed by atoms with Crippen LogP contribution in [0.4, 0.5) is 0 Å². The van der Waals surface area contributed by atoms with Gasteiger partial charge in [-0.3, -0.25) is 4.79 Å². The molecule has 2 rings (SSSR count). The molecule has 1 aliphatic carbocycles. The Bertz CT molecular complexity index is 561. The quantitative estimate of drug-likeness (QED) is 0.857. The van der Waals surface area contributed by atoms with E-state index in [0.29, 0.717) is 11.3 Å². The number of hydrogen-bond donors (Lipinski definition) is 1. The minimum Gasteiger partial charge on any atom is -0.498 e. The van der Waals surface area contributed by atoms with Crippen molar-refractivity contribution in [2.24, 2.45) is 0 Å². The lowest BCUT2D eigenvalue weighted by Crippen LogP contribution is -2.40. The van der Waals surface area contributed by atoms with Gasteiger partial charge >= 0.3 is 5.97 Å². The highest BCUT2D eigenvalue weighted by molar-refractivity contribution is 5.87. The van der Waals surface area contributed by atoms with Gasteiger partial charge in [0, 0.05) is 7.11 Å². The van der Waals surface area contributed by atoms with Gasteiger partial charge in [-0.05, 0) is 24.6 Å². The van der Waals surface area contributed by atoms with E-state index in [1.54, 1.807) is 37.5 Å². The normalized spacial score (nSPS) is 28.9. The Morgan fingerprint density at radius 1 is 1.15 bits per heavy atom. The number of carboxylic acid groups (broad SMARTS) is 1. The van der Waals surface area contributed by atoms with E-state index < -0.39 is 17.0 Å². The van der Waals surface area contributed by atoms with Crippen molar-refractivity contribution in [3.8, 4) is 0 Å². The molecule has 0 spiro atoms. The van der Waals surface area contributed by atoms with Crippen LogP contribution in [0.5, 0.6) is 0 Å². The largest absolute Gasteiger partial charge is 0.498 e. The lowest BCUT2D eigenvalue weighted by atomic mass is 9.74. The molecule has 0 saturated carbocycles. The van der Waals surface area contributed by atoms with Gasteiger partial charge in [-0.1, -0.05) is 36.4 Å². The summed E-state index contributed by atoms with van der Waals surface area (Å²) in [5, 5.41) is 9.71. The van der Waals surface area contributed by atoms with Gasteiger partial charge in [0.1, 0.15) is 16.8 Å². The third-order valence-corrected chi connectivity index (χ3v) is 3.76. The average molecular weight is 274 g/mol. The average Bonchev–Trinajstić information content (AvgIpc) is 2.48. The molecule has 0 heterocycles. The van der Waals surface area contributed by atoms with Crippen molar-refractivity contribution in [2.75, 3.05) is 14.2 Å². The summed E-state index contributed by atoms with van der Waals surface area (Å²) < 4.78 is 10.8. The first-order valence-corrected chi connectivity index (χ1v) is 6.30. The van der Waals surface area contributed by atoms with Crippen LogP contribution >= 0.6 is 0 Å². The van der Waals surface area contributed by atoms with E-state index >= 15 is 0 Å². The summed E-state index contributed by atoms with van der Waals surface area (Å²) >= 11 is 0. The van der Waals surface area contributed by atoms with E-state index in [1.165, 1.54) is 7.11 Å². The number of aliphatic carboxylic acids is 1. The highest BCUT2D eigenvalue weighted by atomic mass is 16.5. The highest BCUT2D eigenvalue weighted by Crippen LogP contribution is 2.38. The molecule has 0 fully saturated rings. The number of ether oxygens (including phenoxy) is 2. The summed E-state index contributed by atoms with van der Waals surface area (Å²) in [6.45, 7) is 1.83. The summed E-state index contributed by atoms with van der Waals surface area (Å²) in [5.41, 5.74) is -1.30. The second kappa shape index (κ2) is 5.13. The second-order valence-electron chi connectivity index (χ2n) is 4.90. The zero-order valence-electron chi connectivity index (χ0n) is 11.8. The van der Waals surface area contributed by atoms with Crippen LogP contribution in [0.2, 0.25) is 0 Å². The summed E-state index contributed by atoms with van der Waals surface area (Å²) in [5.74, 6) is -0.471. The zero-order chi connectivity index (χ0) is 14.8. The Hall–Kier alpha value is -2.07. The molecule has 2 unspecified atom stereocenters. The summed E-state index contributed by atoms with van der Waals surface area (Å²) in [6, 6.07) is 9.07. The fourth-order valence-corrected chi connectivity index (χ4v) is 2.35. The first kappa shape index (κ1) is 14.3. The molecule has 1 aliphatic rings. The third kappa shape index (κ3) is 2.12. The van der Waals surface area contributed by atoms with Crippen molar-refractivity contribution in [1.29, 1.82) is 0 Å². The standard InChI is InChI=1S/C16H18O4/c1-15(20-3)9-10-16(14(17)18,11-13(15)19-2)12-7-5-4-6-8-12/h4-11H,1-3H3,(H,17,18). The van der Waals surface area contributed by atoms with Crippen LogP contribution in [0.3, 0.4) is 0 Å². The monoisotopic (exact) mass is 274 g/mol. The molecule has 0 radical (unpaired) electrons. The Balaban J connectivity index is 2.61. The predicted octanol–water partition coefficient (Wildman–Crippen LogP) is 2.51. The first-order valence-electron chi connectivity index (χ1n) is 6.30. The maximum absolute atomic E-state index is 11.8. The van der Waals surface area contributed by atoms with Crippen molar-refractivity contribution in [2.45, 2.75) is 17.9 Å². The topological polar surface area (TPSA) is 55.8 Å². The van der Waals surface area contributed by atoms with Gasteiger partial charge in [0.05, 0.1) is 7.11 Å². The van der Waals surface area contributed by atoms with Crippen LogP contribution in [0.25, 0.3) is 0 Å². The predicted molar refractivity (Wildman–Crippen MR) is 75.4 cm³/mol. The number of carbonyl (C=O) groups is 1. The Morgan fingerprint density at radius 3 is 2.30 bits per heavy atom. The Labute approximate surface area is 118 Å². The molecule has 1 aromatic carbocycles. The molecular weight excluding hydrogens is 256 g/mol. The molecule has 4 nitrogen and oxygen atoms in total. The van der Waals surface area contributed by atoms with Crippen LogP contribution in [-0.4, -0.2) is 30.9 Å². The van der Waals surface area contributed by atoms with E-state index in [9.17, 15) is 9.90 Å². The molecule has 4 heteroatoms. The molecule has 0 aromatic heterocycles. The van der Waals surface area contributed by atoms with E-state index in [0.717, 1.165) is 0 Å². The summed E-state index contributed by atoms with van der Waals surface area (Å²) in [6.07, 6.45) is 4.98. The van der Waals surface area contributed by atoms with Crippen LogP contribution in [0, 0.1) is 0 Å². The molecule has 0 bridgehead atoms. The molecule has 1 N–H and O–H groups in total. The molecule has 1 aromatic rings. The molecule has 20 heavy (non-hydrogen) atoms. The minimum atomic E-state index is -1.23. The third-order valence-electron chi connectivity index (χ3n) is 3.76. The Morgan fingerprint density at radius 2 is 1.80 bits per heavy atom. The number of hydrogen-bond acceptors (Lipinski definition) is 3. The number of carboxylic acids is 1. The van der Waals surface area contributed by atoms with Crippen molar-refractivity contribution in [1.82, 2.24) is 0 Å². The maximum Gasteiger partial charge on any atom is 0.322 e. The highest BCUT2D eigenvalue weighted by Gasteiger charge is 2.43. The van der Waals surface area contributed by atoms with E-state index in [2.05, 4.69) is 0 Å². The number of rotatable bonds is 4. The molecule has 0 saturated heterocycles. The van der Waals surface area contributed by atoms with Gasteiger partial charge in [0.25, 0.3) is 0 Å². The maximum atomic E-state index is 11.8. The van der Waals surface area contributed by atoms with E-state index in [1.807, 2.05) is 25.1 Å². The number of methoxy groups -OCH3 is 2. The Kier molecular flexibility index (Phi) is 3.68. The fourth-order valence-electron chi connectivity index (χ4n) is 2.35. The zero-order valence-corrected chi connectivity index (χ0v) is 11.8. The lowest BCUT2D eigenvalue weighted by Gasteiger charge is -2.35. The number of benzene rings is 1. The summed E-state index contributed by atoms with van der Waals surface area (Å²) in [7, 11) is 3.08. The molecule has 106 valence electrons. The van der Waals surface area contributed by atoms with Crippen molar-refractivity contribution >= 4 is 5.97 Å². The first-order chi connectivity index (χ1) is 9.48. The smallest absolute Gasteiger partial charge is 0.322 e. The molecule has 2 atom stereocenters. The van der Waals surface area contributed by atoms with E-state index in [-0.39, 0.29) is 0 Å². The summed E-state index contributed by atoms with van der Waals surface area (Å²) in [4.78, 5) is 11.8. The molecule has 0 aliphatic heterocycles. The molecule has 0 amide bonds. The van der Waals surface area contributed by atoms with Crippen LogP contribution < -0.4 is 0 Å². The van der Waals surface area contributed by atoms with Gasteiger partial charge in [0.2, 0.25) is 0 Å². The van der Waals surface area contributed by atoms with Gasteiger partial charge < -0.3 is 14.6 Å². The van der Waals surface area contributed by atoms with Gasteiger partial charge in [-0.2, -0.15) is 0 Å².